The summed E-state index contributed by atoms with van der Waals surface area (Å²) in [6.07, 6.45) is 3.96. The van der Waals surface area contributed by atoms with Crippen molar-refractivity contribution in [1.29, 1.82) is 0 Å². The SMILES string of the molecule is C/C(=C\c1ccccc1)C(=O)Nc1cccc(C(=O)N2CCCC2)c1. The molecule has 4 nitrogen and oxygen atoms in total. The number of amides is 2. The molecule has 128 valence electrons. The maximum atomic E-state index is 12.5. The Morgan fingerprint density at radius 1 is 1.00 bits per heavy atom. The topological polar surface area (TPSA) is 49.4 Å². The van der Waals surface area contributed by atoms with Crippen LogP contribution in [0.15, 0.2) is 60.2 Å². The highest BCUT2D eigenvalue weighted by atomic mass is 16.2. The van der Waals surface area contributed by atoms with Gasteiger partial charge >= 0.3 is 0 Å². The van der Waals surface area contributed by atoms with Gasteiger partial charge in [0, 0.05) is 29.9 Å². The fourth-order valence-corrected chi connectivity index (χ4v) is 2.93. The fourth-order valence-electron chi connectivity index (χ4n) is 2.93. The van der Waals surface area contributed by atoms with Crippen LogP contribution in [0.4, 0.5) is 5.69 Å². The van der Waals surface area contributed by atoms with Crippen LogP contribution in [0.1, 0.15) is 35.7 Å². The fraction of sp³-hybridized carbons (Fsp3) is 0.238. The minimum Gasteiger partial charge on any atom is -0.339 e. The smallest absolute Gasteiger partial charge is 0.253 e. The van der Waals surface area contributed by atoms with Gasteiger partial charge in [-0.1, -0.05) is 36.4 Å². The number of nitrogens with one attached hydrogen (secondary N) is 1. The van der Waals surface area contributed by atoms with Crippen molar-refractivity contribution in [2.24, 2.45) is 0 Å². The number of anilines is 1. The Hall–Kier alpha value is -2.88. The van der Waals surface area contributed by atoms with Gasteiger partial charge in [-0.05, 0) is 49.6 Å². The third-order valence-corrected chi connectivity index (χ3v) is 4.30. The Labute approximate surface area is 148 Å². The lowest BCUT2D eigenvalue weighted by Gasteiger charge is -2.15. The van der Waals surface area contributed by atoms with Crippen molar-refractivity contribution in [1.82, 2.24) is 4.90 Å². The number of carbonyl (C=O) groups is 2. The first kappa shape index (κ1) is 17.0. The van der Waals surface area contributed by atoms with Gasteiger partial charge in [0.25, 0.3) is 11.8 Å². The predicted octanol–water partition coefficient (Wildman–Crippen LogP) is 3.96. The molecule has 1 N–H and O–H groups in total. The standard InChI is InChI=1S/C21H22N2O2/c1-16(14-17-8-3-2-4-9-17)20(24)22-19-11-7-10-18(15-19)21(25)23-12-5-6-13-23/h2-4,7-11,14-15H,5-6,12-13H2,1H3,(H,22,24)/b16-14+. The number of likely N-dealkylation sites (tertiary alicyclic amines) is 1. The van der Waals surface area contributed by atoms with Gasteiger partial charge in [0.05, 0.1) is 0 Å². The minimum atomic E-state index is -0.172. The molecule has 4 heteroatoms. The molecule has 2 aromatic rings. The Balaban J connectivity index is 1.70. The van der Waals surface area contributed by atoms with Gasteiger partial charge in [0.15, 0.2) is 0 Å². The van der Waals surface area contributed by atoms with Gasteiger partial charge in [-0.2, -0.15) is 0 Å². The van der Waals surface area contributed by atoms with Crippen molar-refractivity contribution in [2.45, 2.75) is 19.8 Å². The molecule has 1 heterocycles. The van der Waals surface area contributed by atoms with E-state index in [1.807, 2.05) is 41.3 Å². The average molecular weight is 334 g/mol. The molecule has 2 amide bonds. The average Bonchev–Trinajstić information content (AvgIpc) is 3.17. The van der Waals surface area contributed by atoms with E-state index in [1.54, 1.807) is 31.2 Å². The molecule has 1 fully saturated rings. The zero-order valence-electron chi connectivity index (χ0n) is 14.4. The van der Waals surface area contributed by atoms with Gasteiger partial charge in [-0.25, -0.2) is 0 Å². The van der Waals surface area contributed by atoms with Crippen LogP contribution < -0.4 is 5.32 Å². The van der Waals surface area contributed by atoms with Crippen LogP contribution in [-0.4, -0.2) is 29.8 Å². The predicted molar refractivity (Wildman–Crippen MR) is 100 cm³/mol. The van der Waals surface area contributed by atoms with E-state index >= 15 is 0 Å². The van der Waals surface area contributed by atoms with E-state index in [0.717, 1.165) is 31.5 Å². The summed E-state index contributed by atoms with van der Waals surface area (Å²) in [7, 11) is 0. The van der Waals surface area contributed by atoms with Crippen LogP contribution >= 0.6 is 0 Å². The molecule has 0 spiro atoms. The van der Waals surface area contributed by atoms with Gasteiger partial charge in [-0.15, -0.1) is 0 Å². The molecule has 0 radical (unpaired) electrons. The molecule has 3 rings (SSSR count). The second-order valence-corrected chi connectivity index (χ2v) is 6.27. The molecule has 0 aromatic heterocycles. The minimum absolute atomic E-state index is 0.0325. The van der Waals surface area contributed by atoms with E-state index in [4.69, 9.17) is 0 Å². The number of carbonyl (C=O) groups excluding carboxylic acids is 2. The highest BCUT2D eigenvalue weighted by Gasteiger charge is 2.19. The van der Waals surface area contributed by atoms with Crippen LogP contribution in [-0.2, 0) is 4.79 Å². The van der Waals surface area contributed by atoms with Crippen molar-refractivity contribution in [3.63, 3.8) is 0 Å². The first-order valence-corrected chi connectivity index (χ1v) is 8.57. The van der Waals surface area contributed by atoms with Crippen LogP contribution in [0.5, 0.6) is 0 Å². The Morgan fingerprint density at radius 2 is 1.72 bits per heavy atom. The van der Waals surface area contributed by atoms with E-state index in [1.165, 1.54) is 0 Å². The molecule has 2 aromatic carbocycles. The van der Waals surface area contributed by atoms with Gasteiger partial charge in [-0.3, -0.25) is 9.59 Å². The number of rotatable bonds is 4. The summed E-state index contributed by atoms with van der Waals surface area (Å²) in [5.74, 6) is -0.139. The second kappa shape index (κ2) is 7.79. The van der Waals surface area contributed by atoms with Crippen molar-refractivity contribution in [3.8, 4) is 0 Å². The van der Waals surface area contributed by atoms with Crippen molar-refractivity contribution in [2.75, 3.05) is 18.4 Å². The third kappa shape index (κ3) is 4.35. The highest BCUT2D eigenvalue weighted by Crippen LogP contribution is 2.17. The number of nitrogens with zero attached hydrogens (tertiary/aromatic N) is 1. The van der Waals surface area contributed by atoms with Gasteiger partial charge in [0.1, 0.15) is 0 Å². The van der Waals surface area contributed by atoms with Crippen molar-refractivity contribution < 1.29 is 9.59 Å². The van der Waals surface area contributed by atoms with Crippen LogP contribution in [0.25, 0.3) is 6.08 Å². The molecule has 1 aliphatic heterocycles. The van der Waals surface area contributed by atoms with E-state index < -0.39 is 0 Å². The van der Waals surface area contributed by atoms with Gasteiger partial charge in [0.2, 0.25) is 0 Å². The van der Waals surface area contributed by atoms with Crippen molar-refractivity contribution >= 4 is 23.6 Å². The Bertz CT molecular complexity index is 791. The molecular formula is C21H22N2O2. The largest absolute Gasteiger partial charge is 0.339 e. The second-order valence-electron chi connectivity index (χ2n) is 6.27. The summed E-state index contributed by atoms with van der Waals surface area (Å²) < 4.78 is 0. The number of hydrogen-bond donors (Lipinski definition) is 1. The first-order chi connectivity index (χ1) is 12.1. The van der Waals surface area contributed by atoms with E-state index in [2.05, 4.69) is 5.32 Å². The van der Waals surface area contributed by atoms with Gasteiger partial charge < -0.3 is 10.2 Å². The van der Waals surface area contributed by atoms with Crippen molar-refractivity contribution in [3.05, 3.63) is 71.3 Å². The summed E-state index contributed by atoms with van der Waals surface area (Å²) >= 11 is 0. The molecule has 25 heavy (non-hydrogen) atoms. The van der Waals surface area contributed by atoms with E-state index in [9.17, 15) is 9.59 Å². The summed E-state index contributed by atoms with van der Waals surface area (Å²) in [6.45, 7) is 3.41. The summed E-state index contributed by atoms with van der Waals surface area (Å²) in [4.78, 5) is 26.7. The maximum Gasteiger partial charge on any atom is 0.253 e. The van der Waals surface area contributed by atoms with Crippen LogP contribution in [0.3, 0.4) is 0 Å². The van der Waals surface area contributed by atoms with Crippen LogP contribution in [0.2, 0.25) is 0 Å². The number of hydrogen-bond acceptors (Lipinski definition) is 2. The monoisotopic (exact) mass is 334 g/mol. The molecule has 1 saturated heterocycles. The Kier molecular flexibility index (Phi) is 5.29. The van der Waals surface area contributed by atoms with E-state index in [0.29, 0.717) is 16.8 Å². The molecular weight excluding hydrogens is 312 g/mol. The molecule has 0 unspecified atom stereocenters. The lowest BCUT2D eigenvalue weighted by Crippen LogP contribution is -2.27. The van der Waals surface area contributed by atoms with E-state index in [-0.39, 0.29) is 11.8 Å². The zero-order valence-corrected chi connectivity index (χ0v) is 14.4. The maximum absolute atomic E-state index is 12.5. The normalized spacial score (nSPS) is 14.4. The highest BCUT2D eigenvalue weighted by molar-refractivity contribution is 6.06. The van der Waals surface area contributed by atoms with Crippen LogP contribution in [0, 0.1) is 0 Å². The summed E-state index contributed by atoms with van der Waals surface area (Å²) in [5.41, 5.74) is 2.84. The summed E-state index contributed by atoms with van der Waals surface area (Å²) in [6, 6.07) is 16.9. The quantitative estimate of drug-likeness (QED) is 0.860. The molecule has 0 bridgehead atoms. The summed E-state index contributed by atoms with van der Waals surface area (Å²) in [5, 5.41) is 2.87. The molecule has 0 aliphatic carbocycles. The first-order valence-electron chi connectivity index (χ1n) is 8.57. The zero-order chi connectivity index (χ0) is 17.6. The molecule has 0 atom stereocenters. The number of benzene rings is 2. The lowest BCUT2D eigenvalue weighted by atomic mass is 10.1. The lowest BCUT2D eigenvalue weighted by molar-refractivity contribution is -0.112. The Morgan fingerprint density at radius 3 is 2.44 bits per heavy atom. The molecule has 1 aliphatic rings. The third-order valence-electron chi connectivity index (χ3n) is 4.30. The molecule has 0 saturated carbocycles.